The Morgan fingerprint density at radius 1 is 1.10 bits per heavy atom. The van der Waals surface area contributed by atoms with Crippen LogP contribution in [-0.2, 0) is 11.3 Å². The number of guanidine groups is 1. The fraction of sp³-hybridized carbons (Fsp3) is 0.318. The summed E-state index contributed by atoms with van der Waals surface area (Å²) in [5.74, 6) is 0.675. The number of hydrogen-bond acceptors (Lipinski definition) is 3. The molecular weight excluding hydrogens is 493 g/mol. The first-order chi connectivity index (χ1) is 14.1. The van der Waals surface area contributed by atoms with Crippen LogP contribution in [0.1, 0.15) is 29.3 Å². The van der Waals surface area contributed by atoms with Gasteiger partial charge in [-0.2, -0.15) is 0 Å². The number of para-hydroxylation sites is 1. The topological polar surface area (TPSA) is 85.8 Å². The van der Waals surface area contributed by atoms with Crippen molar-refractivity contribution in [2.75, 3.05) is 25.0 Å². The lowest BCUT2D eigenvalue weighted by atomic mass is 10.1. The zero-order chi connectivity index (χ0) is 20.6. The second-order valence-electron chi connectivity index (χ2n) is 6.87. The Morgan fingerprint density at radius 2 is 1.80 bits per heavy atom. The molecule has 1 saturated heterocycles. The molecule has 8 heteroatoms. The van der Waals surface area contributed by atoms with Crippen LogP contribution in [0.4, 0.5) is 5.69 Å². The van der Waals surface area contributed by atoms with Crippen molar-refractivity contribution in [1.82, 2.24) is 16.0 Å². The number of nitrogens with one attached hydrogen (secondary N) is 3. The third kappa shape index (κ3) is 6.19. The minimum atomic E-state index is -0.0710. The van der Waals surface area contributed by atoms with E-state index in [0.29, 0.717) is 37.6 Å². The maximum Gasteiger partial charge on any atom is 0.251 e. The molecule has 2 aromatic rings. The van der Waals surface area contributed by atoms with E-state index in [2.05, 4.69) is 20.9 Å². The van der Waals surface area contributed by atoms with Crippen LogP contribution in [-0.4, -0.2) is 44.0 Å². The Balaban J connectivity index is 0.00000320. The Morgan fingerprint density at radius 3 is 2.43 bits per heavy atom. The lowest BCUT2D eigenvalue weighted by Gasteiger charge is -2.19. The molecule has 3 N–H and O–H groups in total. The fourth-order valence-corrected chi connectivity index (χ4v) is 3.27. The molecule has 0 aliphatic carbocycles. The summed E-state index contributed by atoms with van der Waals surface area (Å²) < 4.78 is 0. The van der Waals surface area contributed by atoms with E-state index < -0.39 is 0 Å². The van der Waals surface area contributed by atoms with E-state index in [0.717, 1.165) is 11.3 Å². The van der Waals surface area contributed by atoms with Crippen LogP contribution in [0.3, 0.4) is 0 Å². The lowest BCUT2D eigenvalue weighted by molar-refractivity contribution is -0.117. The fourth-order valence-electron chi connectivity index (χ4n) is 3.27. The minimum Gasteiger partial charge on any atom is -0.352 e. The molecule has 1 heterocycles. The summed E-state index contributed by atoms with van der Waals surface area (Å²) in [6.07, 6.45) is 0.427. The van der Waals surface area contributed by atoms with Crippen LogP contribution in [0.5, 0.6) is 0 Å². The minimum absolute atomic E-state index is 0. The van der Waals surface area contributed by atoms with Crippen molar-refractivity contribution in [1.29, 1.82) is 0 Å². The highest BCUT2D eigenvalue weighted by molar-refractivity contribution is 14.0. The summed E-state index contributed by atoms with van der Waals surface area (Å²) in [5, 5.41) is 9.37. The molecule has 160 valence electrons. The Kier molecular flexibility index (Phi) is 9.10. The van der Waals surface area contributed by atoms with Crippen LogP contribution in [0, 0.1) is 0 Å². The molecule has 0 radical (unpaired) electrons. The molecular formula is C22H28IN5O2. The zero-order valence-corrected chi connectivity index (χ0v) is 19.6. The zero-order valence-electron chi connectivity index (χ0n) is 17.2. The first-order valence-electron chi connectivity index (χ1n) is 9.80. The number of amides is 2. The van der Waals surface area contributed by atoms with Gasteiger partial charge < -0.3 is 20.9 Å². The van der Waals surface area contributed by atoms with Gasteiger partial charge in [0.05, 0.1) is 6.04 Å². The maximum absolute atomic E-state index is 12.4. The average Bonchev–Trinajstić information content (AvgIpc) is 3.12. The number of aliphatic imine (C=N–C) groups is 1. The summed E-state index contributed by atoms with van der Waals surface area (Å²) in [4.78, 5) is 30.2. The van der Waals surface area contributed by atoms with Crippen LogP contribution in [0.25, 0.3) is 0 Å². The van der Waals surface area contributed by atoms with Crippen molar-refractivity contribution in [3.63, 3.8) is 0 Å². The molecule has 0 aromatic heterocycles. The number of rotatable bonds is 6. The van der Waals surface area contributed by atoms with E-state index in [1.165, 1.54) is 0 Å². The molecule has 7 nitrogen and oxygen atoms in total. The number of nitrogens with zero attached hydrogens (tertiary/aromatic N) is 2. The van der Waals surface area contributed by atoms with Gasteiger partial charge in [-0.1, -0.05) is 30.3 Å². The van der Waals surface area contributed by atoms with Crippen molar-refractivity contribution >= 4 is 47.4 Å². The summed E-state index contributed by atoms with van der Waals surface area (Å²) in [7, 11) is 1.71. The van der Waals surface area contributed by atoms with E-state index in [4.69, 9.17) is 0 Å². The van der Waals surface area contributed by atoms with Gasteiger partial charge in [-0.3, -0.25) is 14.6 Å². The molecule has 30 heavy (non-hydrogen) atoms. The van der Waals surface area contributed by atoms with Crippen molar-refractivity contribution in [2.24, 2.45) is 4.99 Å². The Labute approximate surface area is 194 Å². The van der Waals surface area contributed by atoms with Gasteiger partial charge in [0, 0.05) is 44.4 Å². The van der Waals surface area contributed by atoms with E-state index in [9.17, 15) is 9.59 Å². The molecule has 1 atom stereocenters. The van der Waals surface area contributed by atoms with Crippen molar-refractivity contribution < 1.29 is 9.59 Å². The second-order valence-corrected chi connectivity index (χ2v) is 6.87. The highest BCUT2D eigenvalue weighted by atomic mass is 127. The molecule has 3 rings (SSSR count). The van der Waals surface area contributed by atoms with Crippen molar-refractivity contribution in [3.05, 3.63) is 65.7 Å². The molecule has 0 saturated carbocycles. The number of hydrogen-bond donors (Lipinski definition) is 3. The van der Waals surface area contributed by atoms with Crippen LogP contribution in [0.15, 0.2) is 59.6 Å². The van der Waals surface area contributed by atoms with Gasteiger partial charge in [0.15, 0.2) is 5.96 Å². The predicted octanol–water partition coefficient (Wildman–Crippen LogP) is 2.52. The van der Waals surface area contributed by atoms with Gasteiger partial charge in [-0.05, 0) is 36.8 Å². The molecule has 1 fully saturated rings. The van der Waals surface area contributed by atoms with E-state index >= 15 is 0 Å². The lowest BCUT2D eigenvalue weighted by Crippen LogP contribution is -2.44. The predicted molar refractivity (Wildman–Crippen MR) is 130 cm³/mol. The van der Waals surface area contributed by atoms with Gasteiger partial charge in [0.25, 0.3) is 5.91 Å². The number of halogens is 1. The first kappa shape index (κ1) is 23.7. The molecule has 0 bridgehead atoms. The third-order valence-corrected chi connectivity index (χ3v) is 4.77. The van der Waals surface area contributed by atoms with Gasteiger partial charge in [-0.15, -0.1) is 24.0 Å². The van der Waals surface area contributed by atoms with Crippen LogP contribution < -0.4 is 20.9 Å². The highest BCUT2D eigenvalue weighted by Crippen LogP contribution is 2.20. The molecule has 1 aliphatic rings. The monoisotopic (exact) mass is 521 g/mol. The summed E-state index contributed by atoms with van der Waals surface area (Å²) in [6, 6.07) is 17.1. The number of benzene rings is 2. The van der Waals surface area contributed by atoms with Gasteiger partial charge in [0.2, 0.25) is 5.91 Å². The van der Waals surface area contributed by atoms with Crippen LogP contribution in [0.2, 0.25) is 0 Å². The van der Waals surface area contributed by atoms with E-state index in [1.807, 2.05) is 61.5 Å². The quantitative estimate of drug-likeness (QED) is 0.310. The number of carbonyl (C=O) groups excluding carboxylic acids is 2. The molecule has 1 unspecified atom stereocenters. The smallest absolute Gasteiger partial charge is 0.251 e. The van der Waals surface area contributed by atoms with Crippen molar-refractivity contribution in [3.8, 4) is 0 Å². The third-order valence-electron chi connectivity index (χ3n) is 4.77. The summed E-state index contributed by atoms with van der Waals surface area (Å²) in [6.45, 7) is 3.67. The summed E-state index contributed by atoms with van der Waals surface area (Å²) >= 11 is 0. The van der Waals surface area contributed by atoms with E-state index in [1.54, 1.807) is 11.9 Å². The van der Waals surface area contributed by atoms with Gasteiger partial charge >= 0.3 is 0 Å². The maximum atomic E-state index is 12.4. The standard InChI is InChI=1S/C22H27N5O2.HI/c1-3-24-21(29)17-11-9-16(10-12-17)14-25-22(23-2)26-18-13-20(28)27(15-18)19-7-5-4-6-8-19;/h4-12,18H,3,13-15H2,1-2H3,(H,24,29)(H2,23,25,26);1H. The average molecular weight is 521 g/mol. The largest absolute Gasteiger partial charge is 0.352 e. The highest BCUT2D eigenvalue weighted by Gasteiger charge is 2.30. The van der Waals surface area contributed by atoms with Crippen LogP contribution >= 0.6 is 24.0 Å². The Hall–Kier alpha value is -2.62. The molecule has 2 aromatic carbocycles. The number of anilines is 1. The summed E-state index contributed by atoms with van der Waals surface area (Å²) in [5.41, 5.74) is 2.59. The van der Waals surface area contributed by atoms with Gasteiger partial charge in [0.1, 0.15) is 0 Å². The molecule has 1 aliphatic heterocycles. The van der Waals surface area contributed by atoms with Crippen molar-refractivity contribution in [2.45, 2.75) is 25.9 Å². The first-order valence-corrected chi connectivity index (χ1v) is 9.80. The second kappa shape index (κ2) is 11.5. The molecule has 0 spiro atoms. The number of carbonyl (C=O) groups is 2. The van der Waals surface area contributed by atoms with Gasteiger partial charge in [-0.25, -0.2) is 0 Å². The normalized spacial score (nSPS) is 16.1. The SMILES string of the molecule is CCNC(=O)c1ccc(CNC(=NC)NC2CC(=O)N(c3ccccc3)C2)cc1.I. The Bertz CT molecular complexity index is 871. The van der Waals surface area contributed by atoms with E-state index in [-0.39, 0.29) is 41.8 Å². The molecule has 2 amide bonds.